The van der Waals surface area contributed by atoms with Crippen LogP contribution >= 0.6 is 0 Å². The van der Waals surface area contributed by atoms with E-state index >= 15 is 0 Å². The fourth-order valence-corrected chi connectivity index (χ4v) is 2.83. The first-order chi connectivity index (χ1) is 10.1. The highest BCUT2D eigenvalue weighted by Gasteiger charge is 2.28. The Balaban J connectivity index is 1.75. The van der Waals surface area contributed by atoms with Gasteiger partial charge in [-0.25, -0.2) is 0 Å². The number of rotatable bonds is 1. The predicted octanol–water partition coefficient (Wildman–Crippen LogP) is 1.83. The van der Waals surface area contributed by atoms with Gasteiger partial charge >= 0.3 is 0 Å². The normalized spacial score (nSPS) is 25.3. The van der Waals surface area contributed by atoms with Crippen molar-refractivity contribution in [3.05, 3.63) is 23.8 Å². The molecule has 114 valence electrons. The molecule has 1 saturated heterocycles. The fraction of sp³-hybridized carbons (Fsp3) is 0.562. The lowest BCUT2D eigenvalue weighted by Gasteiger charge is -2.23. The lowest BCUT2D eigenvalue weighted by molar-refractivity contribution is 0.0438. The van der Waals surface area contributed by atoms with E-state index in [1.54, 1.807) is 18.2 Å². The van der Waals surface area contributed by atoms with Crippen molar-refractivity contribution in [1.29, 1.82) is 0 Å². The Labute approximate surface area is 124 Å². The second-order valence-electron chi connectivity index (χ2n) is 6.00. The number of benzene rings is 1. The summed E-state index contributed by atoms with van der Waals surface area (Å²) in [5, 5.41) is 10.1. The number of fused-ring (bicyclic) bond motifs is 1. The van der Waals surface area contributed by atoms with Crippen molar-refractivity contribution < 1.29 is 19.4 Å². The van der Waals surface area contributed by atoms with Crippen molar-refractivity contribution in [1.82, 2.24) is 4.90 Å². The first kappa shape index (κ1) is 14.2. The van der Waals surface area contributed by atoms with Crippen LogP contribution in [-0.2, 0) is 0 Å². The van der Waals surface area contributed by atoms with Gasteiger partial charge in [0.25, 0.3) is 5.91 Å². The van der Waals surface area contributed by atoms with E-state index in [0.29, 0.717) is 49.8 Å². The minimum absolute atomic E-state index is 0.00956. The molecule has 1 fully saturated rings. The van der Waals surface area contributed by atoms with E-state index in [1.807, 2.05) is 11.8 Å². The van der Waals surface area contributed by atoms with Gasteiger partial charge in [0.15, 0.2) is 11.5 Å². The molecule has 2 aliphatic rings. The Hall–Kier alpha value is -1.75. The van der Waals surface area contributed by atoms with Crippen LogP contribution in [0.2, 0.25) is 0 Å². The highest BCUT2D eigenvalue weighted by Crippen LogP contribution is 2.31. The molecule has 1 amide bonds. The lowest BCUT2D eigenvalue weighted by Crippen LogP contribution is -2.33. The number of ether oxygens (including phenoxy) is 2. The van der Waals surface area contributed by atoms with Crippen LogP contribution in [0.15, 0.2) is 18.2 Å². The molecule has 1 N–H and O–H groups in total. The van der Waals surface area contributed by atoms with Gasteiger partial charge in [0, 0.05) is 18.7 Å². The van der Waals surface area contributed by atoms with Crippen molar-refractivity contribution in [2.24, 2.45) is 0 Å². The average Bonchev–Trinajstić information content (AvgIpc) is 2.67. The molecule has 2 heterocycles. The first-order valence-corrected chi connectivity index (χ1v) is 7.46. The second-order valence-corrected chi connectivity index (χ2v) is 6.00. The zero-order chi connectivity index (χ0) is 14.9. The molecule has 5 heteroatoms. The molecule has 0 saturated carbocycles. The minimum atomic E-state index is -0.665. The summed E-state index contributed by atoms with van der Waals surface area (Å²) in [5.41, 5.74) is -0.0530. The lowest BCUT2D eigenvalue weighted by atomic mass is 9.98. The maximum absolute atomic E-state index is 12.6. The molecule has 1 atom stereocenters. The van der Waals surface area contributed by atoms with Crippen LogP contribution in [0.5, 0.6) is 11.5 Å². The van der Waals surface area contributed by atoms with Gasteiger partial charge in [-0.15, -0.1) is 0 Å². The zero-order valence-corrected chi connectivity index (χ0v) is 12.3. The maximum atomic E-state index is 12.6. The van der Waals surface area contributed by atoms with Gasteiger partial charge < -0.3 is 19.5 Å². The molecule has 0 aromatic heterocycles. The van der Waals surface area contributed by atoms with Crippen molar-refractivity contribution in [3.63, 3.8) is 0 Å². The molecule has 1 unspecified atom stereocenters. The molecule has 0 radical (unpaired) electrons. The van der Waals surface area contributed by atoms with Crippen LogP contribution in [0, 0.1) is 0 Å². The number of likely N-dealkylation sites (tertiary alicyclic amines) is 1. The molecule has 3 rings (SSSR count). The topological polar surface area (TPSA) is 59.0 Å². The van der Waals surface area contributed by atoms with Gasteiger partial charge in [0.05, 0.1) is 5.60 Å². The summed E-state index contributed by atoms with van der Waals surface area (Å²) in [6.45, 7) is 4.16. The van der Waals surface area contributed by atoms with Crippen LogP contribution in [0.3, 0.4) is 0 Å². The molecule has 1 aromatic carbocycles. The molecule has 5 nitrogen and oxygen atoms in total. The van der Waals surface area contributed by atoms with Gasteiger partial charge in [-0.3, -0.25) is 4.79 Å². The van der Waals surface area contributed by atoms with E-state index in [-0.39, 0.29) is 5.91 Å². The molecule has 2 aliphatic heterocycles. The third-order valence-electron chi connectivity index (χ3n) is 4.14. The summed E-state index contributed by atoms with van der Waals surface area (Å²) in [6, 6.07) is 5.31. The first-order valence-electron chi connectivity index (χ1n) is 7.46. The summed E-state index contributed by atoms with van der Waals surface area (Å²) in [6.07, 6.45) is 2.17. The molecule has 0 aliphatic carbocycles. The number of amides is 1. The third-order valence-corrected chi connectivity index (χ3v) is 4.14. The number of hydrogen-bond donors (Lipinski definition) is 1. The molecule has 0 bridgehead atoms. The van der Waals surface area contributed by atoms with Gasteiger partial charge in [0.2, 0.25) is 0 Å². The van der Waals surface area contributed by atoms with Crippen LogP contribution < -0.4 is 9.47 Å². The van der Waals surface area contributed by atoms with Crippen LogP contribution in [-0.4, -0.2) is 47.8 Å². The Kier molecular flexibility index (Phi) is 3.76. The minimum Gasteiger partial charge on any atom is -0.486 e. The maximum Gasteiger partial charge on any atom is 0.253 e. The van der Waals surface area contributed by atoms with E-state index in [1.165, 1.54) is 0 Å². The monoisotopic (exact) mass is 291 g/mol. The highest BCUT2D eigenvalue weighted by molar-refractivity contribution is 5.95. The van der Waals surface area contributed by atoms with Crippen LogP contribution in [0.4, 0.5) is 0 Å². The van der Waals surface area contributed by atoms with Crippen molar-refractivity contribution in [2.45, 2.75) is 31.8 Å². The summed E-state index contributed by atoms with van der Waals surface area (Å²) in [5.74, 6) is 1.31. The number of carbonyl (C=O) groups excluding carboxylic acids is 1. The van der Waals surface area contributed by atoms with Crippen molar-refractivity contribution in [3.8, 4) is 11.5 Å². The average molecular weight is 291 g/mol. The van der Waals surface area contributed by atoms with Gasteiger partial charge in [-0.2, -0.15) is 0 Å². The number of nitrogens with zero attached hydrogens (tertiary/aromatic N) is 1. The largest absolute Gasteiger partial charge is 0.486 e. The predicted molar refractivity (Wildman–Crippen MR) is 77.8 cm³/mol. The van der Waals surface area contributed by atoms with Gasteiger partial charge in [-0.05, 0) is 44.4 Å². The number of aliphatic hydroxyl groups is 1. The van der Waals surface area contributed by atoms with E-state index in [2.05, 4.69) is 0 Å². The summed E-state index contributed by atoms with van der Waals surface area (Å²) in [7, 11) is 0. The van der Waals surface area contributed by atoms with Crippen LogP contribution in [0.1, 0.15) is 36.5 Å². The Morgan fingerprint density at radius 3 is 2.76 bits per heavy atom. The standard InChI is InChI=1S/C16H21NO4/c1-16(19)5-2-7-17(8-6-16)15(18)12-3-4-13-14(11-12)21-10-9-20-13/h3-4,11,19H,2,5-10H2,1H3. The zero-order valence-electron chi connectivity index (χ0n) is 12.3. The van der Waals surface area contributed by atoms with E-state index in [0.717, 1.165) is 12.8 Å². The van der Waals surface area contributed by atoms with E-state index in [4.69, 9.17) is 9.47 Å². The fourth-order valence-electron chi connectivity index (χ4n) is 2.83. The molecule has 0 spiro atoms. The van der Waals surface area contributed by atoms with Gasteiger partial charge in [0.1, 0.15) is 13.2 Å². The SMILES string of the molecule is CC1(O)CCCN(C(=O)c2ccc3c(c2)OCCO3)CC1. The molecular formula is C16H21NO4. The number of carbonyl (C=O) groups is 1. The smallest absolute Gasteiger partial charge is 0.253 e. The molecular weight excluding hydrogens is 270 g/mol. The molecule has 1 aromatic rings. The number of hydrogen-bond acceptors (Lipinski definition) is 4. The summed E-state index contributed by atoms with van der Waals surface area (Å²) < 4.78 is 11.0. The third kappa shape index (κ3) is 3.13. The summed E-state index contributed by atoms with van der Waals surface area (Å²) in [4.78, 5) is 14.4. The quantitative estimate of drug-likeness (QED) is 0.857. The highest BCUT2D eigenvalue weighted by atomic mass is 16.6. The Bertz CT molecular complexity index is 541. The Morgan fingerprint density at radius 2 is 1.95 bits per heavy atom. The Morgan fingerprint density at radius 1 is 1.19 bits per heavy atom. The van der Waals surface area contributed by atoms with E-state index in [9.17, 15) is 9.90 Å². The van der Waals surface area contributed by atoms with Crippen molar-refractivity contribution in [2.75, 3.05) is 26.3 Å². The van der Waals surface area contributed by atoms with E-state index < -0.39 is 5.60 Å². The van der Waals surface area contributed by atoms with Crippen molar-refractivity contribution >= 4 is 5.91 Å². The molecule has 21 heavy (non-hydrogen) atoms. The van der Waals surface area contributed by atoms with Crippen LogP contribution in [0.25, 0.3) is 0 Å². The second kappa shape index (κ2) is 5.56. The van der Waals surface area contributed by atoms with Gasteiger partial charge in [-0.1, -0.05) is 0 Å². The summed E-state index contributed by atoms with van der Waals surface area (Å²) >= 11 is 0.